The van der Waals surface area contributed by atoms with Crippen molar-refractivity contribution in [2.45, 2.75) is 0 Å². The van der Waals surface area contributed by atoms with E-state index in [2.05, 4.69) is 5.32 Å². The van der Waals surface area contributed by atoms with Gasteiger partial charge in [-0.25, -0.2) is 0 Å². The van der Waals surface area contributed by atoms with Gasteiger partial charge in [0.25, 0.3) is 0 Å². The minimum Gasteiger partial charge on any atom is -0.396 e. The first-order valence-corrected chi connectivity index (χ1v) is 7.60. The number of carbonyl (C=O) groups is 2. The summed E-state index contributed by atoms with van der Waals surface area (Å²) >= 11 is 0. The summed E-state index contributed by atoms with van der Waals surface area (Å²) in [6.45, 7) is 0. The highest BCUT2D eigenvalue weighted by Crippen LogP contribution is 2.35. The van der Waals surface area contributed by atoms with Crippen molar-refractivity contribution in [3.05, 3.63) is 89.0 Å². The van der Waals surface area contributed by atoms with Gasteiger partial charge in [0, 0.05) is 22.4 Å². The Morgan fingerprint density at radius 1 is 0.667 bits per heavy atom. The molecule has 1 aliphatic carbocycles. The molecule has 4 heteroatoms. The number of para-hydroxylation sites is 1. The Morgan fingerprint density at radius 2 is 1.29 bits per heavy atom. The summed E-state index contributed by atoms with van der Waals surface area (Å²) in [5.41, 5.74) is 9.46. The lowest BCUT2D eigenvalue weighted by molar-refractivity contribution is 0.0980. The first kappa shape index (κ1) is 14.2. The molecule has 3 aromatic rings. The average molecular weight is 314 g/mol. The maximum Gasteiger partial charge on any atom is 0.196 e. The van der Waals surface area contributed by atoms with Gasteiger partial charge in [0.15, 0.2) is 11.6 Å². The molecule has 0 saturated carbocycles. The molecule has 0 heterocycles. The van der Waals surface area contributed by atoms with Crippen LogP contribution in [0.3, 0.4) is 0 Å². The minimum atomic E-state index is -0.214. The summed E-state index contributed by atoms with van der Waals surface area (Å²) < 4.78 is 0. The molecule has 0 spiro atoms. The third-order valence-corrected chi connectivity index (χ3v) is 4.19. The molecule has 4 rings (SSSR count). The molecule has 3 aromatic carbocycles. The zero-order valence-corrected chi connectivity index (χ0v) is 12.7. The maximum absolute atomic E-state index is 12.8. The van der Waals surface area contributed by atoms with Gasteiger partial charge in [0.2, 0.25) is 0 Å². The second kappa shape index (κ2) is 5.35. The largest absolute Gasteiger partial charge is 0.396 e. The number of rotatable bonds is 2. The maximum atomic E-state index is 12.8. The molecular formula is C20H14N2O2. The van der Waals surface area contributed by atoms with E-state index in [1.54, 1.807) is 36.4 Å². The summed E-state index contributed by atoms with van der Waals surface area (Å²) in [4.78, 5) is 25.5. The summed E-state index contributed by atoms with van der Waals surface area (Å²) in [7, 11) is 0. The predicted octanol–water partition coefficient (Wildman–Crippen LogP) is 3.79. The number of nitrogens with one attached hydrogen (secondary N) is 1. The van der Waals surface area contributed by atoms with Crippen LogP contribution in [0, 0.1) is 0 Å². The smallest absolute Gasteiger partial charge is 0.196 e. The quantitative estimate of drug-likeness (QED) is 0.552. The van der Waals surface area contributed by atoms with E-state index < -0.39 is 0 Å². The van der Waals surface area contributed by atoms with Crippen molar-refractivity contribution in [2.24, 2.45) is 0 Å². The Labute approximate surface area is 138 Å². The van der Waals surface area contributed by atoms with Crippen molar-refractivity contribution in [2.75, 3.05) is 11.1 Å². The zero-order valence-electron chi connectivity index (χ0n) is 12.7. The van der Waals surface area contributed by atoms with Crippen LogP contribution in [0.25, 0.3) is 0 Å². The van der Waals surface area contributed by atoms with Crippen LogP contribution >= 0.6 is 0 Å². The molecule has 0 amide bonds. The first-order chi connectivity index (χ1) is 11.7. The van der Waals surface area contributed by atoms with Gasteiger partial charge >= 0.3 is 0 Å². The molecular weight excluding hydrogens is 300 g/mol. The van der Waals surface area contributed by atoms with E-state index in [-0.39, 0.29) is 17.1 Å². The standard InChI is InChI=1S/C20H14N2O2/c21-18-16(22-12-6-2-1-3-7-12)11-10-15-17(18)20(24)14-9-5-4-8-13(14)19(15)23/h1-11,22H,21H2. The average Bonchev–Trinajstić information content (AvgIpc) is 2.62. The molecule has 3 N–H and O–H groups in total. The Morgan fingerprint density at radius 3 is 2.00 bits per heavy atom. The van der Waals surface area contributed by atoms with Crippen LogP contribution in [0.1, 0.15) is 31.8 Å². The van der Waals surface area contributed by atoms with Crippen molar-refractivity contribution in [3.63, 3.8) is 0 Å². The van der Waals surface area contributed by atoms with E-state index in [1.807, 2.05) is 30.3 Å². The second-order valence-electron chi connectivity index (χ2n) is 5.64. The number of nitrogen functional groups attached to an aromatic ring is 1. The molecule has 0 fully saturated rings. The van der Waals surface area contributed by atoms with Gasteiger partial charge in [-0.3, -0.25) is 9.59 Å². The number of fused-ring (bicyclic) bond motifs is 2. The SMILES string of the molecule is Nc1c(Nc2ccccc2)ccc2c1C(=O)c1ccccc1C2=O. The third-order valence-electron chi connectivity index (χ3n) is 4.19. The number of hydrogen-bond acceptors (Lipinski definition) is 4. The van der Waals surface area contributed by atoms with Crippen molar-refractivity contribution >= 4 is 28.6 Å². The highest BCUT2D eigenvalue weighted by atomic mass is 16.1. The molecule has 0 unspecified atom stereocenters. The summed E-state index contributed by atoms with van der Waals surface area (Å²) in [6, 6.07) is 19.8. The Kier molecular flexibility index (Phi) is 3.17. The summed E-state index contributed by atoms with van der Waals surface area (Å²) in [5.74, 6) is -0.382. The van der Waals surface area contributed by atoms with Crippen molar-refractivity contribution in [1.82, 2.24) is 0 Å². The number of nitrogens with two attached hydrogens (primary N) is 1. The minimum absolute atomic E-state index is 0.168. The molecule has 116 valence electrons. The number of carbonyl (C=O) groups excluding carboxylic acids is 2. The number of benzene rings is 3. The lowest BCUT2D eigenvalue weighted by Crippen LogP contribution is -2.22. The Hall–Kier alpha value is -3.40. The van der Waals surface area contributed by atoms with E-state index in [1.165, 1.54) is 0 Å². The van der Waals surface area contributed by atoms with E-state index >= 15 is 0 Å². The third kappa shape index (κ3) is 2.08. The van der Waals surface area contributed by atoms with Crippen LogP contribution in [-0.4, -0.2) is 11.6 Å². The van der Waals surface area contributed by atoms with Gasteiger partial charge < -0.3 is 11.1 Å². The van der Waals surface area contributed by atoms with Gasteiger partial charge in [0.05, 0.1) is 16.9 Å². The lowest BCUT2D eigenvalue weighted by atomic mass is 9.83. The van der Waals surface area contributed by atoms with Crippen molar-refractivity contribution in [3.8, 4) is 0 Å². The number of hydrogen-bond donors (Lipinski definition) is 2. The monoisotopic (exact) mass is 314 g/mol. The highest BCUT2D eigenvalue weighted by Gasteiger charge is 2.31. The fraction of sp³-hybridized carbons (Fsp3) is 0. The number of ketones is 2. The van der Waals surface area contributed by atoms with Crippen molar-refractivity contribution < 1.29 is 9.59 Å². The molecule has 0 aromatic heterocycles. The van der Waals surface area contributed by atoms with Gasteiger partial charge in [-0.05, 0) is 24.3 Å². The van der Waals surface area contributed by atoms with Crippen LogP contribution < -0.4 is 11.1 Å². The lowest BCUT2D eigenvalue weighted by Gasteiger charge is -2.21. The van der Waals surface area contributed by atoms with Gasteiger partial charge in [-0.2, -0.15) is 0 Å². The first-order valence-electron chi connectivity index (χ1n) is 7.60. The van der Waals surface area contributed by atoms with Crippen LogP contribution in [0.15, 0.2) is 66.7 Å². The molecule has 4 nitrogen and oxygen atoms in total. The molecule has 0 bridgehead atoms. The van der Waals surface area contributed by atoms with Gasteiger partial charge in [-0.1, -0.05) is 42.5 Å². The summed E-state index contributed by atoms with van der Waals surface area (Å²) in [5, 5.41) is 3.19. The van der Waals surface area contributed by atoms with Crippen molar-refractivity contribution in [1.29, 1.82) is 0 Å². The fourth-order valence-corrected chi connectivity index (χ4v) is 3.00. The van der Waals surface area contributed by atoms with E-state index in [0.29, 0.717) is 28.1 Å². The molecule has 1 aliphatic rings. The molecule has 0 atom stereocenters. The van der Waals surface area contributed by atoms with Crippen LogP contribution in [0.2, 0.25) is 0 Å². The number of anilines is 3. The van der Waals surface area contributed by atoms with Crippen LogP contribution in [0.4, 0.5) is 17.1 Å². The summed E-state index contributed by atoms with van der Waals surface area (Å²) in [6.07, 6.45) is 0. The Bertz CT molecular complexity index is 978. The topological polar surface area (TPSA) is 72.2 Å². The predicted molar refractivity (Wildman–Crippen MR) is 93.9 cm³/mol. The molecule has 0 aliphatic heterocycles. The van der Waals surface area contributed by atoms with E-state index in [4.69, 9.17) is 5.73 Å². The highest BCUT2D eigenvalue weighted by molar-refractivity contribution is 6.30. The molecule has 24 heavy (non-hydrogen) atoms. The second-order valence-corrected chi connectivity index (χ2v) is 5.64. The fourth-order valence-electron chi connectivity index (χ4n) is 3.00. The van der Waals surface area contributed by atoms with Crippen LogP contribution in [-0.2, 0) is 0 Å². The van der Waals surface area contributed by atoms with E-state index in [0.717, 1.165) is 5.69 Å². The van der Waals surface area contributed by atoms with Gasteiger partial charge in [-0.15, -0.1) is 0 Å². The Balaban J connectivity index is 1.84. The zero-order chi connectivity index (χ0) is 16.7. The van der Waals surface area contributed by atoms with Crippen LogP contribution in [0.5, 0.6) is 0 Å². The van der Waals surface area contributed by atoms with Gasteiger partial charge in [0.1, 0.15) is 0 Å². The molecule has 0 radical (unpaired) electrons. The molecule has 0 saturated heterocycles. The van der Waals surface area contributed by atoms with E-state index in [9.17, 15) is 9.59 Å². The normalized spacial score (nSPS) is 12.5.